The first-order chi connectivity index (χ1) is 33.2. The van der Waals surface area contributed by atoms with Crippen molar-refractivity contribution in [2.24, 2.45) is 0 Å². The van der Waals surface area contributed by atoms with E-state index in [4.69, 9.17) is 0 Å². The summed E-state index contributed by atoms with van der Waals surface area (Å²) >= 11 is 0. The highest BCUT2D eigenvalue weighted by Crippen LogP contribution is 2.63. The molecule has 0 fully saturated rings. The number of fused-ring (bicyclic) bond motifs is 10. The molecule has 1 spiro atoms. The Bertz CT molecular complexity index is 3120. The summed E-state index contributed by atoms with van der Waals surface area (Å²) in [6.45, 7) is 0. The van der Waals surface area contributed by atoms with Gasteiger partial charge in [0.15, 0.2) is 0 Å². The molecule has 0 heterocycles. The minimum atomic E-state index is -0.467. The van der Waals surface area contributed by atoms with E-state index in [1.807, 2.05) is 12.1 Å². The highest BCUT2D eigenvalue weighted by atomic mass is 15.1. The summed E-state index contributed by atoms with van der Waals surface area (Å²) in [4.78, 5) is 4.51. The fourth-order valence-electron chi connectivity index (χ4n) is 10.3. The monoisotopic (exact) mass is 852 g/mol. The summed E-state index contributed by atoms with van der Waals surface area (Å²) in [6.07, 6.45) is 8.86. The van der Waals surface area contributed by atoms with Crippen LogP contribution in [0.15, 0.2) is 243 Å². The summed E-state index contributed by atoms with van der Waals surface area (Å²) in [5, 5.41) is 0. The molecule has 10 aromatic carbocycles. The Kier molecular flexibility index (Phi) is 10.0. The molecule has 0 aromatic heterocycles. The lowest BCUT2D eigenvalue weighted by Crippen LogP contribution is -2.26. The van der Waals surface area contributed by atoms with E-state index in [1.165, 1.54) is 50.1 Å². The van der Waals surface area contributed by atoms with Gasteiger partial charge in [0.25, 0.3) is 0 Å². The Morgan fingerprint density at radius 1 is 0.284 bits per heavy atom. The molecular formula is C65H44N2. The maximum Gasteiger partial charge on any atom is 0.0973 e. The summed E-state index contributed by atoms with van der Waals surface area (Å²) in [6, 6.07) is 94.0. The smallest absolute Gasteiger partial charge is 0.0973 e. The lowest BCUT2D eigenvalue weighted by atomic mass is 9.70. The zero-order valence-electron chi connectivity index (χ0n) is 36.8. The summed E-state index contributed by atoms with van der Waals surface area (Å²) in [5.74, 6) is 0. The third-order valence-electron chi connectivity index (χ3n) is 13.3. The maximum absolute atomic E-state index is 3.47. The first-order valence-corrected chi connectivity index (χ1v) is 22.9. The molecule has 2 nitrogen and oxygen atoms in total. The lowest BCUT2D eigenvalue weighted by molar-refractivity contribution is 0.793. The fraction of sp³-hybridized carbons (Fsp3) is 0.0154. The molecule has 0 saturated carbocycles. The number of benzene rings is 9. The van der Waals surface area contributed by atoms with E-state index >= 15 is 0 Å². The number of rotatable bonds is 10. The van der Waals surface area contributed by atoms with E-state index in [2.05, 4.69) is 277 Å². The molecule has 1 atom stereocenters. The van der Waals surface area contributed by atoms with Gasteiger partial charge in [-0.1, -0.05) is 182 Å². The Balaban J connectivity index is 0.887. The predicted molar refractivity (Wildman–Crippen MR) is 281 cm³/mol. The highest BCUT2D eigenvalue weighted by Gasteiger charge is 2.51. The van der Waals surface area contributed by atoms with Crippen LogP contribution < -0.4 is 9.80 Å². The van der Waals surface area contributed by atoms with Gasteiger partial charge in [0.2, 0.25) is 0 Å². The second-order valence-electron chi connectivity index (χ2n) is 17.1. The number of anilines is 6. The van der Waals surface area contributed by atoms with E-state index < -0.39 is 5.41 Å². The van der Waals surface area contributed by atoms with Crippen molar-refractivity contribution < 1.29 is 0 Å². The van der Waals surface area contributed by atoms with Gasteiger partial charge in [0, 0.05) is 34.0 Å². The molecule has 314 valence electrons. The summed E-state index contributed by atoms with van der Waals surface area (Å²) in [7, 11) is 0. The van der Waals surface area contributed by atoms with Gasteiger partial charge in [-0.3, -0.25) is 0 Å². The third-order valence-corrected chi connectivity index (χ3v) is 13.3. The molecule has 12 rings (SSSR count). The first-order valence-electron chi connectivity index (χ1n) is 22.9. The molecule has 10 aromatic rings. The van der Waals surface area contributed by atoms with Crippen molar-refractivity contribution in [2.45, 2.75) is 5.41 Å². The van der Waals surface area contributed by atoms with E-state index in [1.54, 1.807) is 0 Å². The first kappa shape index (κ1) is 39.7. The van der Waals surface area contributed by atoms with Gasteiger partial charge in [0.1, 0.15) is 0 Å². The standard InChI is InChI=1S/C65H44N2/c1-5-17-51(18-6-1)66(52-19-7-2-8-20-52)55-39-33-47(34-40-55)29-31-49-37-43-59-57-25-13-15-27-61(57)65(63(59)45-49)62-28-16-14-26-58(62)60-44-38-50(46-64(60)65)32-30-48-35-41-56(42-36-48)67(53-21-9-3-10-22-53)54-23-11-4-12-24-54/h1-35,37-41,43-46H. The van der Waals surface area contributed by atoms with E-state index in [-0.39, 0.29) is 0 Å². The topological polar surface area (TPSA) is 6.48 Å². The number of para-hydroxylation sites is 4. The molecule has 2 heteroatoms. The van der Waals surface area contributed by atoms with Gasteiger partial charge in [-0.25, -0.2) is 0 Å². The van der Waals surface area contributed by atoms with E-state index in [0.29, 0.717) is 0 Å². The molecule has 0 radical (unpaired) electrons. The van der Waals surface area contributed by atoms with Gasteiger partial charge in [0.05, 0.1) is 11.1 Å². The van der Waals surface area contributed by atoms with Crippen molar-refractivity contribution in [1.82, 2.24) is 0 Å². The van der Waals surface area contributed by atoms with Crippen LogP contribution in [-0.2, 0) is 5.41 Å². The van der Waals surface area contributed by atoms with Crippen LogP contribution in [0.1, 0.15) is 44.5 Å². The zero-order valence-corrected chi connectivity index (χ0v) is 36.8. The van der Waals surface area contributed by atoms with Gasteiger partial charge >= 0.3 is 0 Å². The Hall–Kier alpha value is -8.90. The average Bonchev–Trinajstić information content (AvgIpc) is 3.86. The average molecular weight is 853 g/mol. The van der Waals surface area contributed by atoms with Gasteiger partial charge < -0.3 is 9.80 Å². The third kappa shape index (κ3) is 7.02. The molecule has 0 amide bonds. The molecule has 67 heavy (non-hydrogen) atoms. The predicted octanol–water partition coefficient (Wildman–Crippen LogP) is 16.9. The van der Waals surface area contributed by atoms with Crippen molar-refractivity contribution in [3.05, 3.63) is 299 Å². The van der Waals surface area contributed by atoms with Crippen molar-refractivity contribution in [3.8, 4) is 22.3 Å². The minimum Gasteiger partial charge on any atom is -0.311 e. The quantitative estimate of drug-likeness (QED) is 0.127. The summed E-state index contributed by atoms with van der Waals surface area (Å²) in [5.41, 5.74) is 20.8. The second-order valence-corrected chi connectivity index (χ2v) is 17.1. The number of nitrogens with zero attached hydrogens (tertiary/aromatic N) is 2. The van der Waals surface area contributed by atoms with Crippen molar-refractivity contribution in [1.29, 1.82) is 0 Å². The molecule has 0 bridgehead atoms. The van der Waals surface area contributed by atoms with Crippen molar-refractivity contribution in [2.75, 3.05) is 9.80 Å². The second kappa shape index (κ2) is 16.9. The largest absolute Gasteiger partial charge is 0.311 e. The van der Waals surface area contributed by atoms with Crippen molar-refractivity contribution in [3.63, 3.8) is 0 Å². The van der Waals surface area contributed by atoms with Crippen molar-refractivity contribution >= 4 is 58.4 Å². The molecular weight excluding hydrogens is 809 g/mol. The molecule has 0 saturated heterocycles. The Morgan fingerprint density at radius 3 is 1.15 bits per heavy atom. The lowest BCUT2D eigenvalue weighted by Gasteiger charge is -2.30. The van der Waals surface area contributed by atoms with Crippen LogP contribution in [0.3, 0.4) is 0 Å². The van der Waals surface area contributed by atoms with Gasteiger partial charge in [-0.05, 0) is 158 Å². The fourth-order valence-corrected chi connectivity index (χ4v) is 10.3. The van der Waals surface area contributed by atoms with Crippen LogP contribution in [0.2, 0.25) is 0 Å². The normalized spacial score (nSPS) is 14.1. The highest BCUT2D eigenvalue weighted by molar-refractivity contribution is 5.96. The van der Waals surface area contributed by atoms with E-state index in [9.17, 15) is 0 Å². The van der Waals surface area contributed by atoms with Gasteiger partial charge in [-0.2, -0.15) is 0 Å². The van der Waals surface area contributed by atoms with Crippen LogP contribution >= 0.6 is 0 Å². The van der Waals surface area contributed by atoms with Crippen LogP contribution in [-0.4, -0.2) is 0 Å². The Labute approximate surface area is 393 Å². The van der Waals surface area contributed by atoms with Crippen LogP contribution in [0.25, 0.3) is 46.6 Å². The SMILES string of the molecule is c1c(C=Cc2ccc3c(c2)C2(c4ccccc4-3)c3ccccc3-c3ccc(C=Cc4ccc(N(c5ccccc5)c5ccccc5)cc4)cc32)ccc(N(c2ccccc2)c2ccccc2)c#1. The van der Waals surface area contributed by atoms with Gasteiger partial charge in [-0.15, -0.1) is 0 Å². The molecule has 0 aliphatic heterocycles. The molecule has 0 N–H and O–H groups in total. The van der Waals surface area contributed by atoms with E-state index in [0.717, 1.165) is 50.8 Å². The van der Waals surface area contributed by atoms with Crippen LogP contribution in [0.4, 0.5) is 34.1 Å². The zero-order chi connectivity index (χ0) is 44.6. The minimum absolute atomic E-state index is 0.467. The molecule has 2 aliphatic rings. The Morgan fingerprint density at radius 2 is 0.672 bits per heavy atom. The number of hydrogen-bond acceptors (Lipinski definition) is 2. The summed E-state index contributed by atoms with van der Waals surface area (Å²) < 4.78 is 0. The number of hydrogen-bond donors (Lipinski definition) is 0. The van der Waals surface area contributed by atoms with Crippen LogP contribution in [0, 0.1) is 12.1 Å². The maximum atomic E-state index is 3.47. The van der Waals surface area contributed by atoms with Crippen LogP contribution in [0.5, 0.6) is 0 Å². The molecule has 2 aliphatic carbocycles. The molecule has 1 unspecified atom stereocenters.